The highest BCUT2D eigenvalue weighted by atomic mass is 16.1. The monoisotopic (exact) mass is 716 g/mol. The van der Waals surface area contributed by atoms with E-state index in [1.54, 1.807) is 0 Å². The molecule has 9 aromatic rings. The van der Waals surface area contributed by atoms with Crippen LogP contribution in [-0.2, 0) is 6.42 Å². The number of fused-ring (bicyclic) bond motifs is 10. The predicted octanol–water partition coefficient (Wildman–Crippen LogP) is 13.2. The van der Waals surface area contributed by atoms with Crippen LogP contribution < -0.4 is 0 Å². The SMILES string of the molecule is O=C(c1ccc(-n2c3ccccc3c3cc4c(cc32)CC2C=CC=CC2=C4)cc1)C1C=CC(n2c3ccccc3c3cc4cc5ccccc5cc4cc32)=CC1. The fourth-order valence-electron chi connectivity index (χ4n) is 9.66. The van der Waals surface area contributed by atoms with Crippen molar-refractivity contribution in [3.8, 4) is 5.69 Å². The van der Waals surface area contributed by atoms with Crippen LogP contribution in [0.2, 0.25) is 0 Å². The number of benzene rings is 7. The Kier molecular flexibility index (Phi) is 6.73. The number of hydrogen-bond donors (Lipinski definition) is 0. The van der Waals surface area contributed by atoms with Crippen LogP contribution >= 0.6 is 0 Å². The average molecular weight is 717 g/mol. The zero-order chi connectivity index (χ0) is 36.9. The summed E-state index contributed by atoms with van der Waals surface area (Å²) in [4.78, 5) is 14.1. The molecule has 0 saturated carbocycles. The molecular formula is C53H36N2O. The fraction of sp³-hybridized carbons (Fsp3) is 0.0755. The van der Waals surface area contributed by atoms with E-state index in [9.17, 15) is 4.79 Å². The first-order valence-corrected chi connectivity index (χ1v) is 19.7. The van der Waals surface area contributed by atoms with Crippen LogP contribution in [0.15, 0.2) is 182 Å². The molecule has 0 bridgehead atoms. The summed E-state index contributed by atoms with van der Waals surface area (Å²) >= 11 is 0. The molecule has 3 nitrogen and oxygen atoms in total. The molecule has 56 heavy (non-hydrogen) atoms. The summed E-state index contributed by atoms with van der Waals surface area (Å²) in [7, 11) is 0. The summed E-state index contributed by atoms with van der Waals surface area (Å²) in [5, 5.41) is 9.93. The summed E-state index contributed by atoms with van der Waals surface area (Å²) in [6.45, 7) is 0. The van der Waals surface area contributed by atoms with Gasteiger partial charge in [0.15, 0.2) is 5.78 Å². The van der Waals surface area contributed by atoms with Crippen molar-refractivity contribution < 1.29 is 4.79 Å². The number of hydrogen-bond acceptors (Lipinski definition) is 1. The quantitative estimate of drug-likeness (QED) is 0.132. The van der Waals surface area contributed by atoms with E-state index in [0.29, 0.717) is 12.3 Å². The summed E-state index contributed by atoms with van der Waals surface area (Å²) in [5.74, 6) is 0.360. The van der Waals surface area contributed by atoms with Crippen molar-refractivity contribution >= 4 is 82.7 Å². The summed E-state index contributed by atoms with van der Waals surface area (Å²) < 4.78 is 4.73. The number of carbonyl (C=O) groups excluding carboxylic acids is 1. The van der Waals surface area contributed by atoms with Gasteiger partial charge in [-0.05, 0) is 130 Å². The van der Waals surface area contributed by atoms with Gasteiger partial charge in [0.2, 0.25) is 0 Å². The van der Waals surface area contributed by atoms with E-state index in [1.165, 1.54) is 81.9 Å². The van der Waals surface area contributed by atoms with Gasteiger partial charge in [-0.1, -0.05) is 103 Å². The Balaban J connectivity index is 0.870. The van der Waals surface area contributed by atoms with E-state index >= 15 is 0 Å². The lowest BCUT2D eigenvalue weighted by atomic mass is 9.81. The van der Waals surface area contributed by atoms with Crippen LogP contribution in [-0.4, -0.2) is 14.9 Å². The number of allylic oxidation sites excluding steroid dienone is 9. The second-order valence-electron chi connectivity index (χ2n) is 15.6. The van der Waals surface area contributed by atoms with Gasteiger partial charge in [-0.15, -0.1) is 0 Å². The van der Waals surface area contributed by atoms with E-state index in [0.717, 1.165) is 23.4 Å². The number of para-hydroxylation sites is 2. The van der Waals surface area contributed by atoms with Gasteiger partial charge in [-0.2, -0.15) is 0 Å². The van der Waals surface area contributed by atoms with Crippen LogP contribution in [0.5, 0.6) is 0 Å². The number of Topliss-reactive ketones (excluding diaryl/α,β-unsaturated/α-hetero) is 1. The summed E-state index contributed by atoms with van der Waals surface area (Å²) in [6, 6.07) is 48.2. The minimum atomic E-state index is -0.216. The molecular weight excluding hydrogens is 681 g/mol. The summed E-state index contributed by atoms with van der Waals surface area (Å²) in [6.07, 6.45) is 19.4. The van der Waals surface area contributed by atoms with Crippen molar-refractivity contribution in [3.63, 3.8) is 0 Å². The Morgan fingerprint density at radius 2 is 1.23 bits per heavy atom. The Bertz CT molecular complexity index is 3320. The van der Waals surface area contributed by atoms with Gasteiger partial charge in [0.05, 0.1) is 22.1 Å². The number of ketones is 1. The van der Waals surface area contributed by atoms with Crippen LogP contribution in [0.25, 0.3) is 82.6 Å². The molecule has 2 heterocycles. The van der Waals surface area contributed by atoms with Crippen molar-refractivity contribution in [2.45, 2.75) is 12.8 Å². The maximum Gasteiger partial charge on any atom is 0.170 e. The normalized spacial score (nSPS) is 17.6. The van der Waals surface area contributed by atoms with E-state index in [-0.39, 0.29) is 11.7 Å². The molecule has 0 spiro atoms. The van der Waals surface area contributed by atoms with E-state index < -0.39 is 0 Å². The largest absolute Gasteiger partial charge is 0.310 e. The highest BCUT2D eigenvalue weighted by Gasteiger charge is 2.24. The predicted molar refractivity (Wildman–Crippen MR) is 235 cm³/mol. The molecule has 0 fully saturated rings. The van der Waals surface area contributed by atoms with Gasteiger partial charge in [0.25, 0.3) is 0 Å². The minimum absolute atomic E-state index is 0.150. The Morgan fingerprint density at radius 3 is 1.98 bits per heavy atom. The third-order valence-electron chi connectivity index (χ3n) is 12.4. The first-order chi connectivity index (χ1) is 27.6. The molecule has 3 aliphatic carbocycles. The van der Waals surface area contributed by atoms with Gasteiger partial charge in [-0.3, -0.25) is 4.79 Å². The van der Waals surface area contributed by atoms with Crippen molar-refractivity contribution in [2.75, 3.05) is 0 Å². The molecule has 0 aliphatic heterocycles. The van der Waals surface area contributed by atoms with Gasteiger partial charge < -0.3 is 9.13 Å². The number of carbonyl (C=O) groups is 1. The van der Waals surface area contributed by atoms with Crippen molar-refractivity contribution in [1.82, 2.24) is 9.13 Å². The Labute approximate surface area is 324 Å². The van der Waals surface area contributed by atoms with Gasteiger partial charge in [0, 0.05) is 50.3 Å². The maximum absolute atomic E-state index is 14.1. The first kappa shape index (κ1) is 31.4. The Hall–Kier alpha value is -6.97. The molecule has 2 unspecified atom stereocenters. The van der Waals surface area contributed by atoms with Gasteiger partial charge in [0.1, 0.15) is 0 Å². The van der Waals surface area contributed by atoms with E-state index in [2.05, 4.69) is 179 Å². The second kappa shape index (κ2) is 12.0. The second-order valence-corrected chi connectivity index (χ2v) is 15.6. The molecule has 2 aromatic heterocycles. The third-order valence-corrected chi connectivity index (χ3v) is 12.4. The number of aromatic nitrogens is 2. The summed E-state index contributed by atoms with van der Waals surface area (Å²) in [5.41, 5.74) is 11.7. The number of nitrogens with zero attached hydrogens (tertiary/aromatic N) is 2. The standard InChI is InChI=1S/C53H36N2O/c56-53(33-17-21-43(22-18-33)54-49-15-7-5-13-45(49)47-29-39-25-35-9-1-3-11-37(35)27-41(39)31-51(47)54)34-19-23-44(24-20-34)55-50-16-8-6-14-46(50)48-30-40-26-36-10-2-4-12-38(36)28-42(40)32-52(48)55/h1-19,21-26,28-32,34,37H,20,27H2. The molecule has 0 radical (unpaired) electrons. The average Bonchev–Trinajstić information content (AvgIpc) is 3.74. The molecule has 3 aliphatic rings. The highest BCUT2D eigenvalue weighted by molar-refractivity contribution is 6.16. The minimum Gasteiger partial charge on any atom is -0.310 e. The lowest BCUT2D eigenvalue weighted by Crippen LogP contribution is -2.14. The first-order valence-electron chi connectivity index (χ1n) is 19.7. The Morgan fingerprint density at radius 1 is 0.554 bits per heavy atom. The zero-order valence-electron chi connectivity index (χ0n) is 30.7. The molecule has 0 amide bonds. The topological polar surface area (TPSA) is 26.9 Å². The van der Waals surface area contributed by atoms with E-state index in [4.69, 9.17) is 0 Å². The molecule has 7 aromatic carbocycles. The van der Waals surface area contributed by atoms with Gasteiger partial charge >= 0.3 is 0 Å². The smallest absolute Gasteiger partial charge is 0.170 e. The number of rotatable bonds is 4. The van der Waals surface area contributed by atoms with Crippen LogP contribution in [0.3, 0.4) is 0 Å². The molecule has 2 atom stereocenters. The third kappa shape index (κ3) is 4.74. The molecule has 12 rings (SSSR count). The van der Waals surface area contributed by atoms with Crippen molar-refractivity contribution in [3.05, 3.63) is 198 Å². The molecule has 0 saturated heterocycles. The molecule has 264 valence electrons. The van der Waals surface area contributed by atoms with Crippen LogP contribution in [0.4, 0.5) is 0 Å². The maximum atomic E-state index is 14.1. The van der Waals surface area contributed by atoms with E-state index in [1.807, 2.05) is 12.1 Å². The lowest BCUT2D eigenvalue weighted by Gasteiger charge is -2.24. The fourth-order valence-corrected chi connectivity index (χ4v) is 9.66. The molecule has 0 N–H and O–H groups in total. The van der Waals surface area contributed by atoms with Crippen LogP contribution in [0, 0.1) is 11.8 Å². The van der Waals surface area contributed by atoms with Crippen LogP contribution in [0.1, 0.15) is 27.9 Å². The van der Waals surface area contributed by atoms with Gasteiger partial charge in [-0.25, -0.2) is 0 Å². The zero-order valence-corrected chi connectivity index (χ0v) is 30.7. The lowest BCUT2D eigenvalue weighted by molar-refractivity contribution is 0.0945. The van der Waals surface area contributed by atoms with Crippen molar-refractivity contribution in [1.29, 1.82) is 0 Å². The molecule has 3 heteroatoms. The highest BCUT2D eigenvalue weighted by Crippen LogP contribution is 2.40. The van der Waals surface area contributed by atoms with Crippen molar-refractivity contribution in [2.24, 2.45) is 11.8 Å².